The van der Waals surface area contributed by atoms with Gasteiger partial charge in [0.25, 0.3) is 0 Å². The molecule has 0 bridgehead atoms. The number of allylic oxidation sites excluding steroid dienone is 2. The van der Waals surface area contributed by atoms with Crippen molar-refractivity contribution in [1.82, 2.24) is 0 Å². The molecule has 1 saturated heterocycles. The summed E-state index contributed by atoms with van der Waals surface area (Å²) in [4.78, 5) is 0. The van der Waals surface area contributed by atoms with Gasteiger partial charge < -0.3 is 9.47 Å². The van der Waals surface area contributed by atoms with Crippen molar-refractivity contribution in [3.8, 4) is 0 Å². The fraction of sp³-hybridized carbons (Fsp3) is 0.818. The van der Waals surface area contributed by atoms with E-state index in [4.69, 9.17) is 9.47 Å². The van der Waals surface area contributed by atoms with Gasteiger partial charge in [-0.3, -0.25) is 0 Å². The van der Waals surface area contributed by atoms with Gasteiger partial charge >= 0.3 is 0 Å². The smallest absolute Gasteiger partial charge is 0.160 e. The van der Waals surface area contributed by atoms with Crippen LogP contribution in [0.4, 0.5) is 0 Å². The van der Waals surface area contributed by atoms with Gasteiger partial charge in [0.2, 0.25) is 0 Å². The standard InChI is InChI=1S/C11H18O2/c1-9-5-2-3-6-10(9)11-12-7-4-8-13-11/h2-3,9-11H,4-8H2,1H3/t9-,10+/m1/s1. The molecule has 0 saturated carbocycles. The third-order valence-electron chi connectivity index (χ3n) is 3.02. The summed E-state index contributed by atoms with van der Waals surface area (Å²) in [7, 11) is 0. The van der Waals surface area contributed by atoms with Crippen molar-refractivity contribution in [3.63, 3.8) is 0 Å². The van der Waals surface area contributed by atoms with Crippen LogP contribution >= 0.6 is 0 Å². The van der Waals surface area contributed by atoms with Gasteiger partial charge in [-0.2, -0.15) is 0 Å². The molecule has 1 aliphatic carbocycles. The summed E-state index contributed by atoms with van der Waals surface area (Å²) in [5.74, 6) is 1.28. The lowest BCUT2D eigenvalue weighted by Gasteiger charge is -2.34. The Morgan fingerprint density at radius 1 is 1.08 bits per heavy atom. The van der Waals surface area contributed by atoms with E-state index >= 15 is 0 Å². The number of hydrogen-bond donors (Lipinski definition) is 0. The highest BCUT2D eigenvalue weighted by atomic mass is 16.7. The van der Waals surface area contributed by atoms with Crippen molar-refractivity contribution >= 4 is 0 Å². The lowest BCUT2D eigenvalue weighted by molar-refractivity contribution is -0.212. The van der Waals surface area contributed by atoms with Crippen LogP contribution in [0.25, 0.3) is 0 Å². The van der Waals surface area contributed by atoms with Crippen molar-refractivity contribution in [1.29, 1.82) is 0 Å². The molecular weight excluding hydrogens is 164 g/mol. The predicted octanol–water partition coefficient (Wildman–Crippen LogP) is 2.35. The van der Waals surface area contributed by atoms with Crippen LogP contribution in [0.1, 0.15) is 26.2 Å². The fourth-order valence-electron chi connectivity index (χ4n) is 2.10. The highest BCUT2D eigenvalue weighted by Gasteiger charge is 2.29. The van der Waals surface area contributed by atoms with Crippen molar-refractivity contribution in [2.24, 2.45) is 11.8 Å². The predicted molar refractivity (Wildman–Crippen MR) is 51.3 cm³/mol. The second-order valence-electron chi connectivity index (χ2n) is 4.05. The van der Waals surface area contributed by atoms with Crippen LogP contribution in [-0.2, 0) is 9.47 Å². The Labute approximate surface area is 79.9 Å². The highest BCUT2D eigenvalue weighted by molar-refractivity contribution is 4.94. The summed E-state index contributed by atoms with van der Waals surface area (Å²) in [6.07, 6.45) is 7.93. The molecule has 0 N–H and O–H groups in total. The number of hydrogen-bond acceptors (Lipinski definition) is 2. The van der Waals surface area contributed by atoms with Crippen LogP contribution in [0.15, 0.2) is 12.2 Å². The fourth-order valence-corrected chi connectivity index (χ4v) is 2.10. The van der Waals surface area contributed by atoms with E-state index in [1.54, 1.807) is 0 Å². The van der Waals surface area contributed by atoms with Crippen LogP contribution in [0.5, 0.6) is 0 Å². The van der Waals surface area contributed by atoms with Gasteiger partial charge in [0.05, 0.1) is 13.2 Å². The lowest BCUT2D eigenvalue weighted by Crippen LogP contribution is -2.36. The van der Waals surface area contributed by atoms with Gasteiger partial charge in [0.15, 0.2) is 6.29 Å². The monoisotopic (exact) mass is 182 g/mol. The molecule has 1 aliphatic heterocycles. The van der Waals surface area contributed by atoms with Crippen LogP contribution < -0.4 is 0 Å². The Hall–Kier alpha value is -0.340. The molecule has 2 rings (SSSR count). The number of ether oxygens (including phenoxy) is 2. The molecule has 1 heterocycles. The third-order valence-corrected chi connectivity index (χ3v) is 3.02. The second kappa shape index (κ2) is 4.25. The second-order valence-corrected chi connectivity index (χ2v) is 4.05. The van der Waals surface area contributed by atoms with Gasteiger partial charge in [-0.05, 0) is 25.2 Å². The molecule has 2 atom stereocenters. The van der Waals surface area contributed by atoms with Crippen molar-refractivity contribution in [2.45, 2.75) is 32.5 Å². The summed E-state index contributed by atoms with van der Waals surface area (Å²) in [5, 5.41) is 0. The van der Waals surface area contributed by atoms with Gasteiger partial charge in [-0.25, -0.2) is 0 Å². The van der Waals surface area contributed by atoms with E-state index in [1.807, 2.05) is 0 Å². The molecule has 0 aromatic heterocycles. The van der Waals surface area contributed by atoms with Crippen molar-refractivity contribution < 1.29 is 9.47 Å². The first-order valence-electron chi connectivity index (χ1n) is 5.26. The Kier molecular flexibility index (Phi) is 3.01. The molecular formula is C11H18O2. The van der Waals surface area contributed by atoms with Crippen LogP contribution in [0.2, 0.25) is 0 Å². The Morgan fingerprint density at radius 3 is 2.46 bits per heavy atom. The molecule has 0 aromatic rings. The quantitative estimate of drug-likeness (QED) is 0.579. The molecule has 74 valence electrons. The van der Waals surface area contributed by atoms with E-state index in [2.05, 4.69) is 19.1 Å². The highest BCUT2D eigenvalue weighted by Crippen LogP contribution is 2.31. The SMILES string of the molecule is C[C@@H]1CC=CC[C@@H]1C1OCCCO1. The van der Waals surface area contributed by atoms with Crippen LogP contribution in [0, 0.1) is 11.8 Å². The van der Waals surface area contributed by atoms with E-state index in [-0.39, 0.29) is 6.29 Å². The van der Waals surface area contributed by atoms with E-state index in [9.17, 15) is 0 Å². The Bertz CT molecular complexity index is 183. The normalized spacial score (nSPS) is 36.4. The minimum Gasteiger partial charge on any atom is -0.352 e. The maximum Gasteiger partial charge on any atom is 0.160 e. The summed E-state index contributed by atoms with van der Waals surface area (Å²) in [6, 6.07) is 0. The summed E-state index contributed by atoms with van der Waals surface area (Å²) in [6.45, 7) is 4.03. The van der Waals surface area contributed by atoms with Gasteiger partial charge in [-0.15, -0.1) is 0 Å². The van der Waals surface area contributed by atoms with Crippen LogP contribution in [0.3, 0.4) is 0 Å². The Balaban J connectivity index is 1.93. The lowest BCUT2D eigenvalue weighted by atomic mass is 9.84. The number of rotatable bonds is 1. The molecule has 0 spiro atoms. The van der Waals surface area contributed by atoms with E-state index in [0.29, 0.717) is 11.8 Å². The summed E-state index contributed by atoms with van der Waals surface area (Å²) < 4.78 is 11.3. The topological polar surface area (TPSA) is 18.5 Å². The maximum atomic E-state index is 5.63. The zero-order chi connectivity index (χ0) is 9.10. The van der Waals surface area contributed by atoms with Crippen molar-refractivity contribution in [2.75, 3.05) is 13.2 Å². The summed E-state index contributed by atoms with van der Waals surface area (Å²) >= 11 is 0. The molecule has 2 heteroatoms. The Morgan fingerprint density at radius 2 is 1.77 bits per heavy atom. The first-order valence-corrected chi connectivity index (χ1v) is 5.26. The third kappa shape index (κ3) is 2.12. The molecule has 0 unspecified atom stereocenters. The molecule has 1 fully saturated rings. The molecule has 0 radical (unpaired) electrons. The minimum absolute atomic E-state index is 0.0636. The molecule has 2 nitrogen and oxygen atoms in total. The first-order chi connectivity index (χ1) is 6.38. The average Bonchev–Trinajstić information content (AvgIpc) is 2.20. The van der Waals surface area contributed by atoms with E-state index in [0.717, 1.165) is 26.1 Å². The molecule has 2 aliphatic rings. The zero-order valence-electron chi connectivity index (χ0n) is 8.24. The summed E-state index contributed by atoms with van der Waals surface area (Å²) in [5.41, 5.74) is 0. The maximum absolute atomic E-state index is 5.63. The molecule has 0 amide bonds. The molecule has 13 heavy (non-hydrogen) atoms. The van der Waals surface area contributed by atoms with E-state index in [1.165, 1.54) is 6.42 Å². The van der Waals surface area contributed by atoms with E-state index < -0.39 is 0 Å². The van der Waals surface area contributed by atoms with Gasteiger partial charge in [-0.1, -0.05) is 19.1 Å². The van der Waals surface area contributed by atoms with Crippen molar-refractivity contribution in [3.05, 3.63) is 12.2 Å². The largest absolute Gasteiger partial charge is 0.352 e. The van der Waals surface area contributed by atoms with Gasteiger partial charge in [0.1, 0.15) is 0 Å². The minimum atomic E-state index is 0.0636. The zero-order valence-corrected chi connectivity index (χ0v) is 8.24. The molecule has 0 aromatic carbocycles. The van der Waals surface area contributed by atoms with Crippen LogP contribution in [-0.4, -0.2) is 19.5 Å². The first kappa shape index (κ1) is 9.22. The van der Waals surface area contributed by atoms with Gasteiger partial charge in [0, 0.05) is 5.92 Å². The average molecular weight is 182 g/mol.